The first-order chi connectivity index (χ1) is 6.82. The van der Waals surface area contributed by atoms with E-state index in [0.717, 1.165) is 0 Å². The monoisotopic (exact) mass is 286 g/mol. The topological polar surface area (TPSA) is 17.1 Å². The Balaban J connectivity index is 2.90. The Morgan fingerprint density at radius 2 is 1.80 bits per heavy atom. The average molecular weight is 288 g/mol. The summed E-state index contributed by atoms with van der Waals surface area (Å²) < 4.78 is 10.3. The maximum absolute atomic E-state index is 13.0. The fourth-order valence-corrected chi connectivity index (χ4v) is 1.39. The van der Waals surface area contributed by atoms with Crippen LogP contribution in [0.15, 0.2) is 24.3 Å². The highest BCUT2D eigenvalue weighted by atomic mass is 35.5. The van der Waals surface area contributed by atoms with Crippen LogP contribution in [0, 0.1) is 0 Å². The van der Waals surface area contributed by atoms with E-state index in [2.05, 4.69) is 12.6 Å². The van der Waals surface area contributed by atoms with E-state index in [1.54, 1.807) is 0 Å². The Morgan fingerprint density at radius 1 is 1.33 bits per heavy atom. The summed E-state index contributed by atoms with van der Waals surface area (Å²) >= 11 is 19.6. The zero-order valence-corrected chi connectivity index (χ0v) is 10.4. The van der Waals surface area contributed by atoms with Gasteiger partial charge < -0.3 is 0 Å². The van der Waals surface area contributed by atoms with Crippen LogP contribution in [0.3, 0.4) is 0 Å². The highest BCUT2D eigenvalue weighted by Gasteiger charge is 2.37. The molecule has 0 bridgehead atoms. The third-order valence-electron chi connectivity index (χ3n) is 1.69. The molecule has 0 aliphatic carbocycles. The molecule has 1 aromatic carbocycles. The fourth-order valence-electron chi connectivity index (χ4n) is 0.921. The fraction of sp³-hybridized carbons (Fsp3) is 0.222. The van der Waals surface area contributed by atoms with Crippen LogP contribution in [-0.2, 0) is 0 Å². The van der Waals surface area contributed by atoms with Crippen molar-refractivity contribution in [3.63, 3.8) is 0 Å². The molecule has 6 heteroatoms. The van der Waals surface area contributed by atoms with Crippen LogP contribution in [0.2, 0.25) is 5.02 Å². The molecule has 0 aliphatic heterocycles. The van der Waals surface area contributed by atoms with Crippen molar-refractivity contribution in [3.8, 4) is 0 Å². The van der Waals surface area contributed by atoms with Crippen molar-refractivity contribution < 1.29 is 9.18 Å². The number of Topliss-reactive ketones (excluding diaryl/α,β-unsaturated/α-hetero) is 1. The largest absolute Gasteiger partial charge is 0.293 e. The van der Waals surface area contributed by atoms with Crippen molar-refractivity contribution in [2.24, 2.45) is 0 Å². The van der Waals surface area contributed by atoms with Crippen LogP contribution in [0.1, 0.15) is 10.4 Å². The van der Waals surface area contributed by atoms with Gasteiger partial charge in [-0.05, 0) is 24.3 Å². The Bertz CT molecular complexity index is 361. The molecule has 0 saturated carbocycles. The molecule has 0 N–H and O–H groups in total. The lowest BCUT2D eigenvalue weighted by atomic mass is 10.1. The van der Waals surface area contributed by atoms with Gasteiger partial charge in [-0.1, -0.05) is 34.8 Å². The third-order valence-corrected chi connectivity index (χ3v) is 3.27. The molecule has 15 heavy (non-hydrogen) atoms. The van der Waals surface area contributed by atoms with Gasteiger partial charge in [0.2, 0.25) is 0 Å². The first-order valence-corrected chi connectivity index (χ1v) is 5.52. The molecule has 1 rings (SSSR count). The van der Waals surface area contributed by atoms with E-state index in [1.165, 1.54) is 24.3 Å². The molecule has 0 amide bonds. The predicted molar refractivity (Wildman–Crippen MR) is 64.1 cm³/mol. The number of halogens is 4. The van der Waals surface area contributed by atoms with E-state index < -0.39 is 15.6 Å². The zero-order chi connectivity index (χ0) is 11.6. The number of rotatable bonds is 3. The van der Waals surface area contributed by atoms with Crippen LogP contribution in [-0.4, -0.2) is 15.6 Å². The first kappa shape index (κ1) is 13.1. The molecule has 1 unspecified atom stereocenters. The quantitative estimate of drug-likeness (QED) is 0.506. The molecule has 0 heterocycles. The molecule has 82 valence electrons. The summed E-state index contributed by atoms with van der Waals surface area (Å²) in [6.45, 7) is 0. The van der Waals surface area contributed by atoms with Crippen LogP contribution in [0.4, 0.5) is 4.39 Å². The predicted octanol–water partition coefficient (Wildman–Crippen LogP) is 3.92. The highest BCUT2D eigenvalue weighted by Crippen LogP contribution is 2.32. The molecule has 0 radical (unpaired) electrons. The molecule has 0 spiro atoms. The molecular formula is C9H6Cl3FOS. The number of benzene rings is 1. The lowest BCUT2D eigenvalue weighted by Crippen LogP contribution is -2.29. The third kappa shape index (κ3) is 3.52. The van der Waals surface area contributed by atoms with E-state index in [0.29, 0.717) is 5.02 Å². The second-order valence-corrected chi connectivity index (χ2v) is 5.06. The van der Waals surface area contributed by atoms with Crippen LogP contribution < -0.4 is 0 Å². The second-order valence-electron chi connectivity index (χ2n) is 2.82. The molecule has 0 saturated heterocycles. The first-order valence-electron chi connectivity index (χ1n) is 3.87. The number of alkyl halides is 3. The van der Waals surface area contributed by atoms with Crippen LogP contribution in [0.5, 0.6) is 0 Å². The number of carbonyl (C=O) groups excluding carboxylic acids is 1. The van der Waals surface area contributed by atoms with Gasteiger partial charge in [0.1, 0.15) is 5.25 Å². The lowest BCUT2D eigenvalue weighted by Gasteiger charge is -2.16. The van der Waals surface area contributed by atoms with E-state index >= 15 is 0 Å². The number of ketones is 1. The number of hydrogen-bond donors (Lipinski definition) is 1. The molecule has 0 fully saturated rings. The van der Waals surface area contributed by atoms with Gasteiger partial charge in [0.15, 0.2) is 5.78 Å². The molecule has 1 nitrogen and oxygen atoms in total. The lowest BCUT2D eigenvalue weighted by molar-refractivity contribution is 0.0967. The Hall–Kier alpha value is 0.0400. The van der Waals surface area contributed by atoms with Gasteiger partial charge in [0.25, 0.3) is 4.59 Å². The van der Waals surface area contributed by atoms with Gasteiger partial charge in [0.05, 0.1) is 0 Å². The number of hydrogen-bond acceptors (Lipinski definition) is 2. The van der Waals surface area contributed by atoms with E-state index in [-0.39, 0.29) is 5.56 Å². The summed E-state index contributed by atoms with van der Waals surface area (Å²) in [7, 11) is 0. The highest BCUT2D eigenvalue weighted by molar-refractivity contribution is 7.82. The summed E-state index contributed by atoms with van der Waals surface area (Å²) in [5.41, 5.74) is 0.253. The van der Waals surface area contributed by atoms with Gasteiger partial charge >= 0.3 is 0 Å². The minimum atomic E-state index is -2.69. The van der Waals surface area contributed by atoms with Gasteiger partial charge in [-0.15, -0.1) is 0 Å². The van der Waals surface area contributed by atoms with Gasteiger partial charge in [-0.2, -0.15) is 12.6 Å². The molecule has 1 aromatic rings. The van der Waals surface area contributed by atoms with Gasteiger partial charge in [-0.3, -0.25) is 4.79 Å². The van der Waals surface area contributed by atoms with Gasteiger partial charge in [-0.25, -0.2) is 4.39 Å². The minimum absolute atomic E-state index is 0.253. The minimum Gasteiger partial charge on any atom is -0.293 e. The van der Waals surface area contributed by atoms with Crippen molar-refractivity contribution >= 4 is 53.2 Å². The summed E-state index contributed by atoms with van der Waals surface area (Å²) in [4.78, 5) is 11.6. The van der Waals surface area contributed by atoms with Crippen LogP contribution >= 0.6 is 47.4 Å². The van der Waals surface area contributed by atoms with Crippen molar-refractivity contribution in [2.75, 3.05) is 0 Å². The molecule has 0 aromatic heterocycles. The van der Waals surface area contributed by atoms with E-state index in [1.807, 2.05) is 0 Å². The Kier molecular flexibility index (Phi) is 4.29. The molecular weight excluding hydrogens is 282 g/mol. The maximum atomic E-state index is 13.0. The van der Waals surface area contributed by atoms with Crippen molar-refractivity contribution in [1.82, 2.24) is 0 Å². The van der Waals surface area contributed by atoms with Crippen molar-refractivity contribution in [1.29, 1.82) is 0 Å². The average Bonchev–Trinajstić information content (AvgIpc) is 2.15. The zero-order valence-electron chi connectivity index (χ0n) is 7.25. The van der Waals surface area contributed by atoms with Crippen molar-refractivity contribution in [3.05, 3.63) is 34.9 Å². The Morgan fingerprint density at radius 3 is 2.20 bits per heavy atom. The number of carbonyl (C=O) groups is 1. The van der Waals surface area contributed by atoms with Gasteiger partial charge in [0, 0.05) is 10.6 Å². The summed E-state index contributed by atoms with van der Waals surface area (Å²) in [5.74, 6) is -0.595. The maximum Gasteiger partial charge on any atom is 0.276 e. The smallest absolute Gasteiger partial charge is 0.276 e. The molecule has 0 aliphatic rings. The standard InChI is InChI=1S/C9H6Cl3FOS/c10-6-3-1-5(2-4-6)7(14)8(15)9(11,12)13/h1-4,8,15H. The normalized spacial score (nSPS) is 13.7. The Labute approximate surface area is 107 Å². The summed E-state index contributed by atoms with van der Waals surface area (Å²) in [6, 6.07) is 5.93. The number of thiol groups is 1. The van der Waals surface area contributed by atoms with E-state index in [9.17, 15) is 9.18 Å². The van der Waals surface area contributed by atoms with E-state index in [4.69, 9.17) is 34.8 Å². The summed E-state index contributed by atoms with van der Waals surface area (Å²) in [5, 5.41) is -0.951. The van der Waals surface area contributed by atoms with Crippen LogP contribution in [0.25, 0.3) is 0 Å². The summed E-state index contributed by atoms with van der Waals surface area (Å²) in [6.07, 6.45) is 0. The molecule has 1 atom stereocenters. The SMILES string of the molecule is O=C(c1ccc(Cl)cc1)C(S)C(F)(Cl)Cl. The van der Waals surface area contributed by atoms with Crippen molar-refractivity contribution in [2.45, 2.75) is 9.84 Å². The second kappa shape index (κ2) is 4.91.